The summed E-state index contributed by atoms with van der Waals surface area (Å²) in [5.74, 6) is 5.72. The number of methoxy groups -OCH3 is 2. The van der Waals surface area contributed by atoms with Gasteiger partial charge in [-0.2, -0.15) is 13.2 Å². The zero-order chi connectivity index (χ0) is 31.9. The van der Waals surface area contributed by atoms with E-state index in [4.69, 9.17) is 9.47 Å². The Labute approximate surface area is 253 Å². The van der Waals surface area contributed by atoms with E-state index < -0.39 is 31.0 Å². The number of carbonyl (C=O) groups is 1. The fraction of sp³-hybridized carbons (Fsp3) is 0.452. The first-order valence-corrected chi connectivity index (χ1v) is 14.1. The van der Waals surface area contributed by atoms with Crippen molar-refractivity contribution in [2.75, 3.05) is 64.7 Å². The van der Waals surface area contributed by atoms with Crippen LogP contribution in [0, 0.1) is 11.8 Å². The van der Waals surface area contributed by atoms with Crippen LogP contribution in [0.25, 0.3) is 10.9 Å². The van der Waals surface area contributed by atoms with Gasteiger partial charge in [-0.15, -0.1) is 0 Å². The summed E-state index contributed by atoms with van der Waals surface area (Å²) in [4.78, 5) is 14.4. The molecule has 1 fully saturated rings. The van der Waals surface area contributed by atoms with Crippen LogP contribution in [0.1, 0.15) is 22.5 Å². The highest BCUT2D eigenvalue weighted by Crippen LogP contribution is 2.32. The molecule has 1 amide bonds. The Hall–Kier alpha value is -3.99. The van der Waals surface area contributed by atoms with Gasteiger partial charge >= 0.3 is 6.18 Å². The number of likely N-dealkylation sites (tertiary alicyclic amines) is 1. The summed E-state index contributed by atoms with van der Waals surface area (Å²) in [6, 6.07) is 10.9. The number of fused-ring (bicyclic) bond motifs is 1. The third kappa shape index (κ3) is 8.34. The Morgan fingerprint density at radius 3 is 2.66 bits per heavy atom. The first-order chi connectivity index (χ1) is 21.0. The first kappa shape index (κ1) is 32.9. The highest BCUT2D eigenvalue weighted by atomic mass is 19.4. The van der Waals surface area contributed by atoms with E-state index in [0.29, 0.717) is 46.6 Å². The van der Waals surface area contributed by atoms with Crippen LogP contribution >= 0.6 is 0 Å². The molecule has 0 saturated carbocycles. The van der Waals surface area contributed by atoms with Gasteiger partial charge in [0.15, 0.2) is 0 Å². The lowest BCUT2D eigenvalue weighted by molar-refractivity contribution is -0.140. The van der Waals surface area contributed by atoms with E-state index in [1.54, 1.807) is 36.4 Å². The van der Waals surface area contributed by atoms with Gasteiger partial charge in [-0.25, -0.2) is 4.39 Å². The molecule has 2 heterocycles. The minimum absolute atomic E-state index is 0.0751. The molecule has 3 aromatic rings. The summed E-state index contributed by atoms with van der Waals surface area (Å²) in [6.07, 6.45) is -5.55. The van der Waals surface area contributed by atoms with Crippen LogP contribution in [0.3, 0.4) is 0 Å². The lowest BCUT2D eigenvalue weighted by Crippen LogP contribution is -2.46. The number of rotatable bonds is 11. The second-order valence-electron chi connectivity index (χ2n) is 10.6. The minimum Gasteiger partial charge on any atom is -0.495 e. The van der Waals surface area contributed by atoms with E-state index in [2.05, 4.69) is 27.8 Å². The van der Waals surface area contributed by atoms with Crippen molar-refractivity contribution >= 4 is 28.2 Å². The van der Waals surface area contributed by atoms with Crippen molar-refractivity contribution in [3.63, 3.8) is 0 Å². The van der Waals surface area contributed by atoms with Gasteiger partial charge in [0.05, 0.1) is 49.3 Å². The van der Waals surface area contributed by atoms with Gasteiger partial charge in [0.2, 0.25) is 0 Å². The van der Waals surface area contributed by atoms with Crippen molar-refractivity contribution in [2.45, 2.75) is 37.5 Å². The van der Waals surface area contributed by atoms with Crippen molar-refractivity contribution in [1.82, 2.24) is 14.8 Å². The molecule has 238 valence electrons. The van der Waals surface area contributed by atoms with Crippen LogP contribution in [0.4, 0.5) is 28.9 Å². The number of hydrogen-bond acceptors (Lipinski definition) is 7. The maximum Gasteiger partial charge on any atom is 0.406 e. The summed E-state index contributed by atoms with van der Waals surface area (Å²) < 4.78 is 67.0. The van der Waals surface area contributed by atoms with Crippen molar-refractivity contribution in [3.05, 3.63) is 53.7 Å². The molecule has 0 radical (unpaired) electrons. The van der Waals surface area contributed by atoms with Gasteiger partial charge in [-0.05, 0) is 55.8 Å². The molecule has 44 heavy (non-hydrogen) atoms. The fourth-order valence-electron chi connectivity index (χ4n) is 5.07. The Morgan fingerprint density at radius 2 is 1.98 bits per heavy atom. The van der Waals surface area contributed by atoms with E-state index in [1.165, 1.54) is 20.3 Å². The third-order valence-corrected chi connectivity index (χ3v) is 7.44. The molecule has 1 aromatic heterocycles. The second-order valence-corrected chi connectivity index (χ2v) is 10.6. The molecular formula is C31H37F4N5O4. The van der Waals surface area contributed by atoms with E-state index in [9.17, 15) is 27.5 Å². The van der Waals surface area contributed by atoms with Crippen LogP contribution in [-0.4, -0.2) is 99.0 Å². The number of ether oxygens (including phenoxy) is 2. The third-order valence-electron chi connectivity index (χ3n) is 7.44. The van der Waals surface area contributed by atoms with E-state index >= 15 is 0 Å². The minimum atomic E-state index is -4.48. The summed E-state index contributed by atoms with van der Waals surface area (Å²) in [7, 11) is 4.73. The monoisotopic (exact) mass is 619 g/mol. The number of carbonyl (C=O) groups excluding carboxylic acids is 1. The number of nitrogens with one attached hydrogen (secondary N) is 3. The van der Waals surface area contributed by atoms with E-state index in [-0.39, 0.29) is 37.8 Å². The Morgan fingerprint density at radius 1 is 1.18 bits per heavy atom. The number of hydrogen-bond donors (Lipinski definition) is 4. The van der Waals surface area contributed by atoms with Crippen molar-refractivity contribution in [2.24, 2.45) is 0 Å². The average Bonchev–Trinajstić information content (AvgIpc) is 3.33. The summed E-state index contributed by atoms with van der Waals surface area (Å²) in [5, 5.41) is 18.7. The molecule has 0 unspecified atom stereocenters. The van der Waals surface area contributed by atoms with Crippen molar-refractivity contribution in [1.29, 1.82) is 0 Å². The van der Waals surface area contributed by atoms with Gasteiger partial charge in [0.25, 0.3) is 5.91 Å². The first-order valence-electron chi connectivity index (χ1n) is 14.1. The smallest absolute Gasteiger partial charge is 0.406 e. The molecule has 0 aliphatic carbocycles. The van der Waals surface area contributed by atoms with Crippen LogP contribution in [-0.2, 0) is 11.3 Å². The normalized spacial score (nSPS) is 17.9. The largest absolute Gasteiger partial charge is 0.495 e. The predicted octanol–water partition coefficient (Wildman–Crippen LogP) is 3.87. The van der Waals surface area contributed by atoms with Gasteiger partial charge in [0.1, 0.15) is 18.5 Å². The quantitative estimate of drug-likeness (QED) is 0.191. The van der Waals surface area contributed by atoms with Gasteiger partial charge in [-0.1, -0.05) is 12.0 Å². The summed E-state index contributed by atoms with van der Waals surface area (Å²) in [6.45, 7) is -0.262. The predicted molar refractivity (Wildman–Crippen MR) is 161 cm³/mol. The number of aromatic nitrogens is 1. The molecule has 1 saturated heterocycles. The van der Waals surface area contributed by atoms with E-state index in [1.807, 2.05) is 11.9 Å². The topological polar surface area (TPSA) is 100 Å². The maximum atomic E-state index is 14.7. The summed E-state index contributed by atoms with van der Waals surface area (Å²) >= 11 is 0. The average molecular weight is 620 g/mol. The molecule has 1 aliphatic heterocycles. The molecule has 2 aromatic carbocycles. The van der Waals surface area contributed by atoms with Gasteiger partial charge in [-0.3, -0.25) is 4.79 Å². The van der Waals surface area contributed by atoms with Crippen LogP contribution in [0.15, 0.2) is 42.5 Å². The fourth-order valence-corrected chi connectivity index (χ4v) is 5.07. The maximum absolute atomic E-state index is 14.7. The van der Waals surface area contributed by atoms with Crippen LogP contribution in [0.5, 0.6) is 5.75 Å². The van der Waals surface area contributed by atoms with Crippen molar-refractivity contribution in [3.8, 4) is 17.6 Å². The Kier molecular flexibility index (Phi) is 11.0. The molecule has 0 bridgehead atoms. The molecular weight excluding hydrogens is 582 g/mol. The molecule has 13 heteroatoms. The number of halogens is 4. The molecule has 4 rings (SSSR count). The number of benzene rings is 2. The molecule has 4 N–H and O–H groups in total. The van der Waals surface area contributed by atoms with Gasteiger partial charge in [0, 0.05) is 43.4 Å². The number of amides is 1. The van der Waals surface area contributed by atoms with Crippen LogP contribution in [0.2, 0.25) is 0 Å². The number of aliphatic hydroxyl groups excluding tert-OH is 1. The number of piperidine rings is 1. The Balaban J connectivity index is 1.52. The number of nitrogens with zero attached hydrogens (tertiary/aromatic N) is 2. The number of alkyl halides is 4. The SMILES string of the molecule is COc1cc(C(=O)NC[C@H](CO)OC)ccc1NCC#Cc1cc2c(N[C@@H]3CCN(C)C[C@@H]3F)cccc2n1CC(F)(F)F. The molecule has 9 nitrogen and oxygen atoms in total. The zero-order valence-electron chi connectivity index (χ0n) is 24.8. The second kappa shape index (κ2) is 14.7. The molecule has 0 spiro atoms. The number of aliphatic hydroxyl groups is 1. The number of anilines is 2. The molecule has 3 atom stereocenters. The highest BCUT2D eigenvalue weighted by molar-refractivity contribution is 5.95. The van der Waals surface area contributed by atoms with E-state index in [0.717, 1.165) is 4.57 Å². The van der Waals surface area contributed by atoms with Gasteiger partial charge < -0.3 is 40.0 Å². The molecule has 1 aliphatic rings. The Bertz CT molecular complexity index is 1500. The standard InChI is InChI=1S/C31H37F4N5O4/c1-39-13-11-26(24(32)17-39)38-25-7-4-8-28-23(25)15-21(40(28)19-31(33,34)35)6-5-12-36-27-10-9-20(14-29(27)44-3)30(42)37-16-22(18-41)43-2/h4,7-10,14-15,22,24,26,36,38,41H,11-13,16-19H2,1-3H3,(H,37,42)/t22-,24+,26-/m1/s1. The summed E-state index contributed by atoms with van der Waals surface area (Å²) in [5.41, 5.74) is 1.94. The van der Waals surface area contributed by atoms with Crippen LogP contribution < -0.4 is 20.7 Å². The zero-order valence-corrected chi connectivity index (χ0v) is 24.8. The lowest BCUT2D eigenvalue weighted by atomic mass is 10.0. The lowest BCUT2D eigenvalue weighted by Gasteiger charge is -2.33. The van der Waals surface area contributed by atoms with Crippen molar-refractivity contribution < 1.29 is 36.9 Å². The highest BCUT2D eigenvalue weighted by Gasteiger charge is 2.31.